The zero-order chi connectivity index (χ0) is 18.0. The summed E-state index contributed by atoms with van der Waals surface area (Å²) < 4.78 is 13.8. The number of benzene rings is 2. The molecule has 126 valence electrons. The van der Waals surface area contributed by atoms with E-state index in [-0.39, 0.29) is 6.54 Å². The first kappa shape index (κ1) is 17.2. The molecule has 0 bridgehead atoms. The van der Waals surface area contributed by atoms with Gasteiger partial charge in [0.25, 0.3) is 0 Å². The predicted octanol–water partition coefficient (Wildman–Crippen LogP) is 4.35. The third-order valence-electron chi connectivity index (χ3n) is 3.97. The van der Waals surface area contributed by atoms with Crippen LogP contribution in [-0.4, -0.2) is 16.6 Å². The lowest BCUT2D eigenvalue weighted by Crippen LogP contribution is -2.13. The number of hydrogen-bond donors (Lipinski definition) is 2. The Morgan fingerprint density at radius 2 is 2.04 bits per heavy atom. The van der Waals surface area contributed by atoms with Crippen LogP contribution in [0.2, 0.25) is 5.02 Å². The molecule has 2 N–H and O–H groups in total. The number of aliphatic hydroxyl groups excluding tert-OH is 1. The van der Waals surface area contributed by atoms with Crippen LogP contribution in [0.4, 0.5) is 10.1 Å². The number of aromatic nitrogens is 1. The monoisotopic (exact) mass is 355 g/mol. The number of rotatable bonds is 4. The van der Waals surface area contributed by atoms with E-state index in [4.69, 9.17) is 11.6 Å². The summed E-state index contributed by atoms with van der Waals surface area (Å²) in [6, 6.07) is 11.6. The van der Waals surface area contributed by atoms with Crippen molar-refractivity contribution in [3.8, 4) is 6.07 Å². The first-order valence-electron chi connectivity index (χ1n) is 7.66. The van der Waals surface area contributed by atoms with Crippen molar-refractivity contribution < 1.29 is 9.50 Å². The smallest absolute Gasteiger partial charge is 0.124 e. The minimum atomic E-state index is -0.804. The molecule has 1 unspecified atom stereocenters. The summed E-state index contributed by atoms with van der Waals surface area (Å²) in [7, 11) is 0. The van der Waals surface area contributed by atoms with Gasteiger partial charge in [-0.1, -0.05) is 23.7 Å². The zero-order valence-electron chi connectivity index (χ0n) is 13.4. The van der Waals surface area contributed by atoms with E-state index < -0.39 is 11.9 Å². The highest BCUT2D eigenvalue weighted by Gasteiger charge is 2.14. The summed E-state index contributed by atoms with van der Waals surface area (Å²) in [5.74, 6) is -0.400. The Hall–Kier alpha value is -2.68. The lowest BCUT2D eigenvalue weighted by Gasteiger charge is -2.16. The molecule has 0 radical (unpaired) electrons. The summed E-state index contributed by atoms with van der Waals surface area (Å²) >= 11 is 5.85. The number of pyridine rings is 1. The Bertz CT molecular complexity index is 967. The second kappa shape index (κ2) is 7.06. The maximum Gasteiger partial charge on any atom is 0.124 e. The summed E-state index contributed by atoms with van der Waals surface area (Å²) in [5, 5.41) is 23.8. The van der Waals surface area contributed by atoms with Crippen LogP contribution in [-0.2, 0) is 0 Å². The summed E-state index contributed by atoms with van der Waals surface area (Å²) in [5.41, 5.74) is 2.74. The predicted molar refractivity (Wildman–Crippen MR) is 96.1 cm³/mol. The fourth-order valence-electron chi connectivity index (χ4n) is 2.71. The summed E-state index contributed by atoms with van der Waals surface area (Å²) in [6.07, 6.45) is 0.645. The Labute approximate surface area is 149 Å². The number of aliphatic hydroxyl groups is 1. The molecule has 1 aromatic heterocycles. The van der Waals surface area contributed by atoms with Gasteiger partial charge in [0.1, 0.15) is 11.9 Å². The van der Waals surface area contributed by atoms with Crippen molar-refractivity contribution >= 4 is 28.2 Å². The number of aryl methyl sites for hydroxylation is 1. The van der Waals surface area contributed by atoms with Gasteiger partial charge in [0.15, 0.2) is 0 Å². The highest BCUT2D eigenvalue weighted by Crippen LogP contribution is 2.29. The first-order chi connectivity index (χ1) is 12.0. The number of nitrogens with zero attached hydrogens (tertiary/aromatic N) is 2. The van der Waals surface area contributed by atoms with Gasteiger partial charge < -0.3 is 10.4 Å². The van der Waals surface area contributed by atoms with Crippen LogP contribution < -0.4 is 5.32 Å². The van der Waals surface area contributed by atoms with E-state index in [1.165, 1.54) is 18.3 Å². The molecular weight excluding hydrogens is 341 g/mol. The standard InChI is InChI=1S/C19H15ClFN3O/c1-11-6-15(21)7-16-18(11)23-9-13(8-22)19(16)24-10-17(25)12-2-4-14(20)5-3-12/h2-7,9,17,25H,10H2,1H3,(H,23,24). The van der Waals surface area contributed by atoms with Gasteiger partial charge in [-0.05, 0) is 42.3 Å². The fraction of sp³-hybridized carbons (Fsp3) is 0.158. The number of hydrogen-bond acceptors (Lipinski definition) is 4. The normalized spacial score (nSPS) is 12.0. The molecule has 0 aliphatic heterocycles. The third kappa shape index (κ3) is 3.55. The van der Waals surface area contributed by atoms with Crippen molar-refractivity contribution in [2.24, 2.45) is 0 Å². The van der Waals surface area contributed by atoms with Gasteiger partial charge in [-0.15, -0.1) is 0 Å². The van der Waals surface area contributed by atoms with Crippen LogP contribution in [0.5, 0.6) is 0 Å². The summed E-state index contributed by atoms with van der Waals surface area (Å²) in [6.45, 7) is 1.92. The van der Waals surface area contributed by atoms with Gasteiger partial charge in [0.05, 0.1) is 22.9 Å². The molecule has 0 aliphatic carbocycles. The Morgan fingerprint density at radius 1 is 1.32 bits per heavy atom. The summed E-state index contributed by atoms with van der Waals surface area (Å²) in [4.78, 5) is 4.24. The molecule has 0 aliphatic rings. The minimum Gasteiger partial charge on any atom is -0.387 e. The number of anilines is 1. The SMILES string of the molecule is Cc1cc(F)cc2c(NCC(O)c3ccc(Cl)cc3)c(C#N)cnc12. The van der Waals surface area contributed by atoms with Gasteiger partial charge in [-0.2, -0.15) is 5.26 Å². The van der Waals surface area contributed by atoms with Crippen molar-refractivity contribution in [1.82, 2.24) is 4.98 Å². The quantitative estimate of drug-likeness (QED) is 0.730. The van der Waals surface area contributed by atoms with Crippen LogP contribution >= 0.6 is 11.6 Å². The van der Waals surface area contributed by atoms with Crippen molar-refractivity contribution in [1.29, 1.82) is 5.26 Å². The molecule has 0 amide bonds. The average Bonchev–Trinajstić information content (AvgIpc) is 2.59. The fourth-order valence-corrected chi connectivity index (χ4v) is 2.84. The highest BCUT2D eigenvalue weighted by molar-refractivity contribution is 6.30. The maximum absolute atomic E-state index is 13.8. The largest absolute Gasteiger partial charge is 0.387 e. The number of fused-ring (bicyclic) bond motifs is 1. The van der Waals surface area contributed by atoms with E-state index >= 15 is 0 Å². The molecular formula is C19H15ClFN3O. The zero-order valence-corrected chi connectivity index (χ0v) is 14.2. The Balaban J connectivity index is 1.94. The first-order valence-corrected chi connectivity index (χ1v) is 8.03. The second-order valence-corrected chi connectivity index (χ2v) is 6.16. The molecule has 0 saturated carbocycles. The average molecular weight is 356 g/mol. The third-order valence-corrected chi connectivity index (χ3v) is 4.23. The molecule has 2 aromatic carbocycles. The second-order valence-electron chi connectivity index (χ2n) is 5.73. The lowest BCUT2D eigenvalue weighted by atomic mass is 10.1. The van der Waals surface area contributed by atoms with E-state index in [0.29, 0.717) is 38.3 Å². The molecule has 1 atom stereocenters. The molecule has 0 saturated heterocycles. The van der Waals surface area contributed by atoms with E-state index in [9.17, 15) is 14.8 Å². The molecule has 4 nitrogen and oxygen atoms in total. The number of halogens is 2. The van der Waals surface area contributed by atoms with E-state index in [1.807, 2.05) is 0 Å². The molecule has 6 heteroatoms. The van der Waals surface area contributed by atoms with Crippen molar-refractivity contribution in [2.45, 2.75) is 13.0 Å². The number of nitriles is 1. The van der Waals surface area contributed by atoms with Crippen LogP contribution in [0.1, 0.15) is 22.8 Å². The molecule has 3 rings (SSSR count). The van der Waals surface area contributed by atoms with Gasteiger partial charge in [-0.3, -0.25) is 4.98 Å². The Kier molecular flexibility index (Phi) is 4.84. The van der Waals surface area contributed by atoms with Crippen molar-refractivity contribution in [3.05, 3.63) is 70.1 Å². The molecule has 0 spiro atoms. The Morgan fingerprint density at radius 3 is 2.72 bits per heavy atom. The molecule has 25 heavy (non-hydrogen) atoms. The minimum absolute atomic E-state index is 0.158. The van der Waals surface area contributed by atoms with Gasteiger partial charge in [0, 0.05) is 23.2 Å². The van der Waals surface area contributed by atoms with Crippen LogP contribution in [0.15, 0.2) is 42.6 Å². The molecule has 1 heterocycles. The maximum atomic E-state index is 13.8. The van der Waals surface area contributed by atoms with E-state index in [2.05, 4.69) is 16.4 Å². The number of nitrogens with one attached hydrogen (secondary N) is 1. The van der Waals surface area contributed by atoms with Crippen LogP contribution in [0.3, 0.4) is 0 Å². The van der Waals surface area contributed by atoms with Gasteiger partial charge >= 0.3 is 0 Å². The molecule has 0 fully saturated rings. The van der Waals surface area contributed by atoms with Crippen LogP contribution in [0, 0.1) is 24.1 Å². The van der Waals surface area contributed by atoms with Crippen LogP contribution in [0.25, 0.3) is 10.9 Å². The lowest BCUT2D eigenvalue weighted by molar-refractivity contribution is 0.191. The highest BCUT2D eigenvalue weighted by atomic mass is 35.5. The topological polar surface area (TPSA) is 68.9 Å². The molecule has 3 aromatic rings. The van der Waals surface area contributed by atoms with Gasteiger partial charge in [0.2, 0.25) is 0 Å². The van der Waals surface area contributed by atoms with Gasteiger partial charge in [-0.25, -0.2) is 4.39 Å². The van der Waals surface area contributed by atoms with E-state index in [0.717, 1.165) is 0 Å². The van der Waals surface area contributed by atoms with E-state index in [1.54, 1.807) is 31.2 Å². The van der Waals surface area contributed by atoms with Crippen molar-refractivity contribution in [3.63, 3.8) is 0 Å². The van der Waals surface area contributed by atoms with Crippen molar-refractivity contribution in [2.75, 3.05) is 11.9 Å².